The minimum atomic E-state index is -0.745. The number of hydrogen-bond donors (Lipinski definition) is 0. The van der Waals surface area contributed by atoms with Gasteiger partial charge in [-0.25, -0.2) is 14.2 Å². The summed E-state index contributed by atoms with van der Waals surface area (Å²) in [5.41, 5.74) is 2.20. The van der Waals surface area contributed by atoms with Gasteiger partial charge in [0.1, 0.15) is 11.4 Å². The van der Waals surface area contributed by atoms with Gasteiger partial charge < -0.3 is 4.74 Å². The first-order chi connectivity index (χ1) is 16.3. The Hall–Kier alpha value is -2.48. The summed E-state index contributed by atoms with van der Waals surface area (Å²) in [6.07, 6.45) is 1.39. The van der Waals surface area contributed by atoms with Gasteiger partial charge >= 0.3 is 6.09 Å². The van der Waals surface area contributed by atoms with Crippen LogP contribution in [-0.4, -0.2) is 35.9 Å². The van der Waals surface area contributed by atoms with Crippen LogP contribution in [0.5, 0.6) is 0 Å². The van der Waals surface area contributed by atoms with E-state index in [-0.39, 0.29) is 18.1 Å². The Bertz CT molecular complexity index is 1280. The van der Waals surface area contributed by atoms with E-state index in [9.17, 15) is 14.0 Å². The highest BCUT2D eigenvalue weighted by molar-refractivity contribution is 7.89. The minimum Gasteiger partial charge on any atom is -0.442 e. The number of aryl methyl sites for hydroxylation is 1. The fraction of sp³-hybridized carbons (Fsp3) is 0.320. The molecule has 0 fully saturated rings. The van der Waals surface area contributed by atoms with Crippen molar-refractivity contribution >= 4 is 53.7 Å². The van der Waals surface area contributed by atoms with Crippen LogP contribution in [-0.2, 0) is 26.6 Å². The van der Waals surface area contributed by atoms with Crippen molar-refractivity contribution in [1.29, 1.82) is 0 Å². The number of rotatable bonds is 5. The molecular formula is C25H29FN3O3PS2. The lowest BCUT2D eigenvalue weighted by Crippen LogP contribution is -2.27. The molecule has 1 aromatic heterocycles. The summed E-state index contributed by atoms with van der Waals surface area (Å²) in [6.45, 7) is 7.21. The molecule has 1 heterocycles. The number of benzene rings is 2. The van der Waals surface area contributed by atoms with Gasteiger partial charge in [-0.1, -0.05) is 41.7 Å². The monoisotopic (exact) mass is 533 g/mol. The summed E-state index contributed by atoms with van der Waals surface area (Å²) < 4.78 is 24.4. The maximum absolute atomic E-state index is 14.2. The SMILES string of the molecule is Cc1nc(N(C)C(=O)Cc2ccc(-c3cc(P)ccc3F)cc2)sc1S(C)=NC(=O)OC(C)(C)C. The molecule has 0 saturated heterocycles. The first-order valence-corrected chi connectivity index (χ1v) is 13.8. The number of likely N-dealkylation sites (N-methyl/N-ethyl adjacent to an activating group) is 1. The molecule has 2 atom stereocenters. The van der Waals surface area contributed by atoms with Gasteiger partial charge in [-0.15, -0.1) is 13.6 Å². The van der Waals surface area contributed by atoms with Crippen molar-refractivity contribution in [1.82, 2.24) is 4.98 Å². The molecule has 10 heteroatoms. The highest BCUT2D eigenvalue weighted by Crippen LogP contribution is 2.29. The van der Waals surface area contributed by atoms with E-state index in [1.54, 1.807) is 40.0 Å². The van der Waals surface area contributed by atoms with Crippen molar-refractivity contribution in [2.75, 3.05) is 18.2 Å². The number of ether oxygens (including phenoxy) is 1. The first kappa shape index (κ1) is 27.1. The largest absolute Gasteiger partial charge is 0.442 e. The van der Waals surface area contributed by atoms with Crippen LogP contribution < -0.4 is 10.2 Å². The maximum Gasteiger partial charge on any atom is 0.440 e. The van der Waals surface area contributed by atoms with Crippen molar-refractivity contribution in [3.05, 3.63) is 59.5 Å². The van der Waals surface area contributed by atoms with Crippen molar-refractivity contribution in [2.24, 2.45) is 4.36 Å². The number of anilines is 1. The summed E-state index contributed by atoms with van der Waals surface area (Å²) in [4.78, 5) is 31.0. The number of amides is 2. The fourth-order valence-corrected chi connectivity index (χ4v) is 5.86. The molecule has 2 amide bonds. The van der Waals surface area contributed by atoms with E-state index in [1.807, 2.05) is 37.4 Å². The molecule has 0 aliphatic rings. The first-order valence-electron chi connectivity index (χ1n) is 10.8. The molecule has 0 aliphatic carbocycles. The second-order valence-corrected chi connectivity index (χ2v) is 12.4. The number of carbonyl (C=O) groups is 2. The molecule has 0 radical (unpaired) electrons. The molecule has 2 aromatic carbocycles. The Labute approximate surface area is 214 Å². The van der Waals surface area contributed by atoms with Gasteiger partial charge in [0, 0.05) is 12.6 Å². The predicted octanol–water partition coefficient (Wildman–Crippen LogP) is 5.69. The number of halogens is 1. The molecule has 0 bridgehead atoms. The molecule has 35 heavy (non-hydrogen) atoms. The van der Waals surface area contributed by atoms with E-state index in [4.69, 9.17) is 4.74 Å². The molecule has 186 valence electrons. The Morgan fingerprint density at radius 1 is 1.20 bits per heavy atom. The van der Waals surface area contributed by atoms with Crippen molar-refractivity contribution in [3.8, 4) is 11.1 Å². The number of aromatic nitrogens is 1. The zero-order chi connectivity index (χ0) is 25.9. The van der Waals surface area contributed by atoms with Gasteiger partial charge in [-0.3, -0.25) is 9.69 Å². The number of thiazole rings is 1. The molecule has 3 aromatic rings. The lowest BCUT2D eigenvalue weighted by atomic mass is 10.0. The Morgan fingerprint density at radius 3 is 2.49 bits per heavy atom. The molecular weight excluding hydrogens is 504 g/mol. The average Bonchev–Trinajstić information content (AvgIpc) is 3.15. The summed E-state index contributed by atoms with van der Waals surface area (Å²) in [6, 6.07) is 12.2. The highest BCUT2D eigenvalue weighted by atomic mass is 32.2. The van der Waals surface area contributed by atoms with Crippen LogP contribution >= 0.6 is 20.6 Å². The second-order valence-electron chi connectivity index (χ2n) is 8.98. The average molecular weight is 534 g/mol. The Morgan fingerprint density at radius 2 is 1.86 bits per heavy atom. The third-order valence-electron chi connectivity index (χ3n) is 4.89. The standard InChI is InChI=1S/C25H29FN3O3PS2/c1-15-22(35(6)28-24(31)32-25(2,3)4)34-23(27-15)29(5)21(30)13-16-7-9-17(10-8-16)19-14-18(33)11-12-20(19)26/h7-12,14H,13,33H2,1-6H3. The van der Waals surface area contributed by atoms with Crippen LogP contribution in [0.1, 0.15) is 32.0 Å². The van der Waals surface area contributed by atoms with E-state index >= 15 is 0 Å². The molecule has 0 aliphatic heterocycles. The van der Waals surface area contributed by atoms with Gasteiger partial charge in [0.05, 0.1) is 16.3 Å². The summed E-state index contributed by atoms with van der Waals surface area (Å²) in [7, 11) is 3.50. The van der Waals surface area contributed by atoms with Crippen LogP contribution in [0.25, 0.3) is 11.1 Å². The Kier molecular flexibility index (Phi) is 8.57. The third-order valence-corrected chi connectivity index (χ3v) is 8.50. The minimum absolute atomic E-state index is 0.128. The van der Waals surface area contributed by atoms with Crippen LogP contribution in [0.15, 0.2) is 51.0 Å². The third kappa shape index (κ3) is 7.26. The van der Waals surface area contributed by atoms with E-state index in [2.05, 4.69) is 18.6 Å². The van der Waals surface area contributed by atoms with E-state index in [0.717, 1.165) is 26.3 Å². The van der Waals surface area contributed by atoms with Crippen LogP contribution in [0, 0.1) is 12.7 Å². The summed E-state index contributed by atoms with van der Waals surface area (Å²) >= 11 is 1.34. The maximum atomic E-state index is 14.2. The molecule has 3 rings (SSSR count). The fourth-order valence-electron chi connectivity index (χ4n) is 3.19. The van der Waals surface area contributed by atoms with Gasteiger partial charge in [0.2, 0.25) is 5.91 Å². The van der Waals surface area contributed by atoms with Crippen LogP contribution in [0.2, 0.25) is 0 Å². The van der Waals surface area contributed by atoms with Crippen LogP contribution in [0.4, 0.5) is 14.3 Å². The van der Waals surface area contributed by atoms with Crippen LogP contribution in [0.3, 0.4) is 0 Å². The highest BCUT2D eigenvalue weighted by Gasteiger charge is 2.20. The lowest BCUT2D eigenvalue weighted by molar-refractivity contribution is -0.117. The summed E-state index contributed by atoms with van der Waals surface area (Å²) in [5, 5.41) is 1.44. The zero-order valence-corrected chi connectivity index (χ0v) is 23.4. The number of carbonyl (C=O) groups excluding carboxylic acids is 2. The topological polar surface area (TPSA) is 71.9 Å². The quantitative estimate of drug-likeness (QED) is 0.395. The van der Waals surface area contributed by atoms with Crippen molar-refractivity contribution in [2.45, 2.75) is 43.9 Å². The van der Waals surface area contributed by atoms with Gasteiger partial charge in [-0.05, 0) is 73.2 Å². The van der Waals surface area contributed by atoms with E-state index in [0.29, 0.717) is 10.7 Å². The number of nitrogens with zero attached hydrogens (tertiary/aromatic N) is 3. The molecule has 0 N–H and O–H groups in total. The van der Waals surface area contributed by atoms with Gasteiger partial charge in [0.25, 0.3) is 0 Å². The molecule has 0 spiro atoms. The normalized spacial score (nSPS) is 12.5. The summed E-state index contributed by atoms with van der Waals surface area (Å²) in [5.74, 6) is -0.417. The lowest BCUT2D eigenvalue weighted by Gasteiger charge is -2.17. The molecule has 6 nitrogen and oxygen atoms in total. The molecule has 0 saturated carbocycles. The van der Waals surface area contributed by atoms with Crippen molar-refractivity contribution in [3.63, 3.8) is 0 Å². The predicted molar refractivity (Wildman–Crippen MR) is 145 cm³/mol. The number of hydrogen-bond acceptors (Lipinski definition) is 5. The van der Waals surface area contributed by atoms with Gasteiger partial charge in [-0.2, -0.15) is 0 Å². The van der Waals surface area contributed by atoms with E-state index in [1.165, 1.54) is 22.3 Å². The smallest absolute Gasteiger partial charge is 0.440 e. The zero-order valence-electron chi connectivity index (χ0n) is 20.6. The Balaban J connectivity index is 1.71. The second kappa shape index (κ2) is 11.1. The van der Waals surface area contributed by atoms with Gasteiger partial charge in [0.15, 0.2) is 5.13 Å². The van der Waals surface area contributed by atoms with E-state index < -0.39 is 22.4 Å². The molecule has 2 unspecified atom stereocenters. The van der Waals surface area contributed by atoms with Crippen molar-refractivity contribution < 1.29 is 18.7 Å².